The van der Waals surface area contributed by atoms with Crippen LogP contribution in [0.15, 0.2) is 16.8 Å². The third-order valence-corrected chi connectivity index (χ3v) is 4.08. The van der Waals surface area contributed by atoms with Crippen LogP contribution in [-0.2, 0) is 6.54 Å². The normalized spacial score (nSPS) is 10.4. The van der Waals surface area contributed by atoms with E-state index < -0.39 is 0 Å². The zero-order valence-corrected chi connectivity index (χ0v) is 12.6. The van der Waals surface area contributed by atoms with E-state index in [9.17, 15) is 4.79 Å². The number of carbonyl (C=O) groups is 1. The lowest BCUT2D eigenvalue weighted by Gasteiger charge is -2.14. The summed E-state index contributed by atoms with van der Waals surface area (Å²) in [6.45, 7) is 3.52. The number of amides is 1. The molecule has 0 aliphatic heterocycles. The molecule has 1 N–H and O–H groups in total. The average Bonchev–Trinajstić information content (AvgIpc) is 3.06. The lowest BCUT2D eigenvalue weighted by Crippen LogP contribution is -2.25. The summed E-state index contributed by atoms with van der Waals surface area (Å²) >= 11 is 2.93. The average molecular weight is 296 g/mol. The van der Waals surface area contributed by atoms with Crippen molar-refractivity contribution in [2.45, 2.75) is 19.9 Å². The van der Waals surface area contributed by atoms with Crippen molar-refractivity contribution in [1.29, 1.82) is 0 Å². The van der Waals surface area contributed by atoms with E-state index in [1.165, 1.54) is 11.3 Å². The SMILES string of the molecule is CCCNc1nnc(C(=O)N(C)Cc2ccsc2)s1. The smallest absolute Gasteiger partial charge is 0.284 e. The Kier molecular flexibility index (Phi) is 4.86. The molecule has 0 radical (unpaired) electrons. The van der Waals surface area contributed by atoms with Crippen LogP contribution in [0.4, 0.5) is 5.13 Å². The Morgan fingerprint density at radius 1 is 1.47 bits per heavy atom. The number of hydrogen-bond acceptors (Lipinski definition) is 6. The fraction of sp³-hybridized carbons (Fsp3) is 0.417. The maximum absolute atomic E-state index is 12.2. The molecule has 0 spiro atoms. The quantitative estimate of drug-likeness (QED) is 0.890. The molecule has 0 fully saturated rings. The number of anilines is 1. The molecule has 0 saturated carbocycles. The Bertz CT molecular complexity index is 524. The monoisotopic (exact) mass is 296 g/mol. The summed E-state index contributed by atoms with van der Waals surface area (Å²) < 4.78 is 0. The number of carbonyl (C=O) groups excluding carboxylic acids is 1. The molecule has 102 valence electrons. The van der Waals surface area contributed by atoms with E-state index in [0.29, 0.717) is 16.7 Å². The molecule has 2 heterocycles. The Morgan fingerprint density at radius 3 is 3.00 bits per heavy atom. The van der Waals surface area contributed by atoms with Crippen molar-refractivity contribution in [3.63, 3.8) is 0 Å². The predicted octanol–water partition coefficient (Wildman–Crippen LogP) is 2.69. The second-order valence-corrected chi connectivity index (χ2v) is 5.89. The first kappa shape index (κ1) is 14.0. The zero-order chi connectivity index (χ0) is 13.7. The van der Waals surface area contributed by atoms with Crippen molar-refractivity contribution in [2.24, 2.45) is 0 Å². The maximum atomic E-state index is 12.2. The van der Waals surface area contributed by atoms with Crippen LogP contribution in [0.1, 0.15) is 28.7 Å². The highest BCUT2D eigenvalue weighted by Gasteiger charge is 2.17. The van der Waals surface area contributed by atoms with E-state index in [2.05, 4.69) is 22.4 Å². The molecule has 2 rings (SSSR count). The van der Waals surface area contributed by atoms with Crippen LogP contribution < -0.4 is 5.32 Å². The molecule has 0 aromatic carbocycles. The first-order valence-electron chi connectivity index (χ1n) is 6.04. The Labute approximate surface area is 120 Å². The van der Waals surface area contributed by atoms with Gasteiger partial charge in [-0.15, -0.1) is 10.2 Å². The van der Waals surface area contributed by atoms with E-state index in [1.54, 1.807) is 23.3 Å². The van der Waals surface area contributed by atoms with E-state index in [1.807, 2.05) is 16.8 Å². The van der Waals surface area contributed by atoms with Gasteiger partial charge in [0.2, 0.25) is 10.1 Å². The summed E-state index contributed by atoms with van der Waals surface area (Å²) in [4.78, 5) is 13.8. The van der Waals surface area contributed by atoms with E-state index in [-0.39, 0.29) is 5.91 Å². The van der Waals surface area contributed by atoms with E-state index >= 15 is 0 Å². The fourth-order valence-electron chi connectivity index (χ4n) is 1.50. The minimum Gasteiger partial charge on any atom is -0.360 e. The minimum absolute atomic E-state index is 0.0896. The first-order valence-corrected chi connectivity index (χ1v) is 7.80. The number of aromatic nitrogens is 2. The minimum atomic E-state index is -0.0896. The van der Waals surface area contributed by atoms with Crippen LogP contribution in [-0.4, -0.2) is 34.6 Å². The topological polar surface area (TPSA) is 58.1 Å². The molecular formula is C12H16N4OS2. The van der Waals surface area contributed by atoms with Crippen molar-refractivity contribution >= 4 is 33.7 Å². The van der Waals surface area contributed by atoms with Crippen LogP contribution in [0.25, 0.3) is 0 Å². The second kappa shape index (κ2) is 6.63. The lowest BCUT2D eigenvalue weighted by atomic mass is 10.3. The van der Waals surface area contributed by atoms with Crippen LogP contribution >= 0.6 is 22.7 Å². The summed E-state index contributed by atoms with van der Waals surface area (Å²) in [5.41, 5.74) is 1.13. The van der Waals surface area contributed by atoms with Crippen LogP contribution in [0.2, 0.25) is 0 Å². The van der Waals surface area contributed by atoms with Gasteiger partial charge in [-0.3, -0.25) is 4.79 Å². The highest BCUT2D eigenvalue weighted by molar-refractivity contribution is 7.17. The molecule has 1 amide bonds. The number of thiophene rings is 1. The van der Waals surface area contributed by atoms with Gasteiger partial charge < -0.3 is 10.2 Å². The largest absolute Gasteiger partial charge is 0.360 e. The molecular weight excluding hydrogens is 280 g/mol. The molecule has 7 heteroatoms. The molecule has 0 unspecified atom stereocenters. The Hall–Kier alpha value is -1.47. The molecule has 0 atom stereocenters. The number of rotatable bonds is 6. The summed E-state index contributed by atoms with van der Waals surface area (Å²) in [5.74, 6) is -0.0896. The zero-order valence-electron chi connectivity index (χ0n) is 10.9. The summed E-state index contributed by atoms with van der Waals surface area (Å²) in [5, 5.41) is 16.2. The van der Waals surface area contributed by atoms with Crippen LogP contribution in [0.3, 0.4) is 0 Å². The second-order valence-electron chi connectivity index (χ2n) is 4.13. The molecule has 0 saturated heterocycles. The van der Waals surface area contributed by atoms with Gasteiger partial charge in [-0.1, -0.05) is 18.3 Å². The van der Waals surface area contributed by atoms with Crippen molar-refractivity contribution in [3.8, 4) is 0 Å². The first-order chi connectivity index (χ1) is 9.20. The highest BCUT2D eigenvalue weighted by Crippen LogP contribution is 2.17. The van der Waals surface area contributed by atoms with Crippen LogP contribution in [0.5, 0.6) is 0 Å². The van der Waals surface area contributed by atoms with Gasteiger partial charge in [-0.2, -0.15) is 11.3 Å². The standard InChI is InChI=1S/C12H16N4OS2/c1-3-5-13-12-15-14-10(19-12)11(17)16(2)7-9-4-6-18-8-9/h4,6,8H,3,5,7H2,1-2H3,(H,13,15). The van der Waals surface area contributed by atoms with Gasteiger partial charge in [0.15, 0.2) is 0 Å². The number of nitrogens with one attached hydrogen (secondary N) is 1. The van der Waals surface area contributed by atoms with Gasteiger partial charge in [0, 0.05) is 20.1 Å². The van der Waals surface area contributed by atoms with Crippen molar-refractivity contribution < 1.29 is 4.79 Å². The van der Waals surface area contributed by atoms with Crippen molar-refractivity contribution in [3.05, 3.63) is 27.4 Å². The molecule has 2 aromatic rings. The van der Waals surface area contributed by atoms with Gasteiger partial charge in [0.25, 0.3) is 5.91 Å². The third kappa shape index (κ3) is 3.74. The third-order valence-electron chi connectivity index (χ3n) is 2.48. The number of nitrogens with zero attached hydrogens (tertiary/aromatic N) is 3. The summed E-state index contributed by atoms with van der Waals surface area (Å²) in [6.07, 6.45) is 1.01. The summed E-state index contributed by atoms with van der Waals surface area (Å²) in [7, 11) is 1.78. The van der Waals surface area contributed by atoms with Gasteiger partial charge in [0.05, 0.1) is 0 Å². The van der Waals surface area contributed by atoms with Gasteiger partial charge in [-0.25, -0.2) is 0 Å². The van der Waals surface area contributed by atoms with E-state index in [4.69, 9.17) is 0 Å². The molecule has 0 aliphatic rings. The van der Waals surface area contributed by atoms with E-state index in [0.717, 1.165) is 18.5 Å². The van der Waals surface area contributed by atoms with Gasteiger partial charge in [0.1, 0.15) is 0 Å². The van der Waals surface area contributed by atoms with Crippen molar-refractivity contribution in [2.75, 3.05) is 18.9 Å². The van der Waals surface area contributed by atoms with Crippen LogP contribution in [0, 0.1) is 0 Å². The molecule has 5 nitrogen and oxygen atoms in total. The molecule has 0 bridgehead atoms. The maximum Gasteiger partial charge on any atom is 0.284 e. The lowest BCUT2D eigenvalue weighted by molar-refractivity contribution is 0.0784. The molecule has 19 heavy (non-hydrogen) atoms. The highest BCUT2D eigenvalue weighted by atomic mass is 32.1. The number of hydrogen-bond donors (Lipinski definition) is 1. The van der Waals surface area contributed by atoms with Gasteiger partial charge >= 0.3 is 0 Å². The predicted molar refractivity (Wildman–Crippen MR) is 78.8 cm³/mol. The fourth-order valence-corrected chi connectivity index (χ4v) is 2.93. The molecule has 0 aliphatic carbocycles. The Morgan fingerprint density at radius 2 is 2.32 bits per heavy atom. The van der Waals surface area contributed by atoms with Gasteiger partial charge in [-0.05, 0) is 28.8 Å². The summed E-state index contributed by atoms with van der Waals surface area (Å²) in [6, 6.07) is 2.02. The van der Waals surface area contributed by atoms with Crippen molar-refractivity contribution in [1.82, 2.24) is 15.1 Å². The molecule has 2 aromatic heterocycles. The Balaban J connectivity index is 1.96.